The van der Waals surface area contributed by atoms with E-state index in [0.717, 1.165) is 24.0 Å². The van der Waals surface area contributed by atoms with E-state index in [0.29, 0.717) is 30.5 Å². The number of nitrogens with two attached hydrogens (primary N) is 1. The highest BCUT2D eigenvalue weighted by Crippen LogP contribution is 2.14. The number of rotatable bonds is 4. The molecule has 0 aliphatic carbocycles. The van der Waals surface area contributed by atoms with Crippen LogP contribution in [0.5, 0.6) is 0 Å². The lowest BCUT2D eigenvalue weighted by molar-refractivity contribution is 0.0954. The van der Waals surface area contributed by atoms with Crippen molar-refractivity contribution < 1.29 is 4.79 Å². The summed E-state index contributed by atoms with van der Waals surface area (Å²) in [6, 6.07) is 7.31. The first-order valence-electron chi connectivity index (χ1n) is 7.65. The summed E-state index contributed by atoms with van der Waals surface area (Å²) in [5, 5.41) is 2.85. The molecule has 120 valence electrons. The van der Waals surface area contributed by atoms with Gasteiger partial charge in [-0.15, -0.1) is 0 Å². The van der Waals surface area contributed by atoms with Crippen LogP contribution in [0.15, 0.2) is 33.7 Å². The van der Waals surface area contributed by atoms with Gasteiger partial charge in [-0.1, -0.05) is 28.9 Å². The minimum absolute atomic E-state index is 0.0957. The number of guanidine groups is 1. The van der Waals surface area contributed by atoms with Gasteiger partial charge in [0.15, 0.2) is 5.96 Å². The molecule has 6 heteroatoms. The Morgan fingerprint density at radius 1 is 1.55 bits per heavy atom. The fraction of sp³-hybridized carbons (Fsp3) is 0.500. The van der Waals surface area contributed by atoms with Crippen LogP contribution in [-0.2, 0) is 0 Å². The molecule has 5 nitrogen and oxygen atoms in total. The fourth-order valence-electron chi connectivity index (χ4n) is 2.57. The molecule has 0 radical (unpaired) electrons. The first-order valence-corrected chi connectivity index (χ1v) is 8.44. The molecular formula is C16H23BrN4O. The van der Waals surface area contributed by atoms with Crippen molar-refractivity contribution in [1.29, 1.82) is 0 Å². The maximum atomic E-state index is 12.0. The van der Waals surface area contributed by atoms with Crippen LogP contribution in [-0.4, -0.2) is 42.9 Å². The van der Waals surface area contributed by atoms with E-state index in [1.54, 1.807) is 12.1 Å². The molecule has 1 unspecified atom stereocenters. The molecule has 0 bridgehead atoms. The normalized spacial score (nSPS) is 19.1. The number of benzene rings is 1. The Morgan fingerprint density at radius 3 is 3.09 bits per heavy atom. The van der Waals surface area contributed by atoms with E-state index in [9.17, 15) is 4.79 Å². The summed E-state index contributed by atoms with van der Waals surface area (Å²) in [7, 11) is 0. The minimum atomic E-state index is -0.0957. The highest BCUT2D eigenvalue weighted by molar-refractivity contribution is 9.10. The Labute approximate surface area is 140 Å². The standard InChI is InChI=1S/C16H23BrN4O/c1-12-4-3-9-21(11-12)16(18)20-8-7-19-15(22)13-5-2-6-14(17)10-13/h2,5-6,10,12H,3-4,7-9,11H2,1H3,(H2,18,20)(H,19,22). The Morgan fingerprint density at radius 2 is 2.36 bits per heavy atom. The van der Waals surface area contributed by atoms with Crippen molar-refractivity contribution in [3.05, 3.63) is 34.3 Å². The minimum Gasteiger partial charge on any atom is -0.370 e. The van der Waals surface area contributed by atoms with Crippen LogP contribution in [0.1, 0.15) is 30.1 Å². The monoisotopic (exact) mass is 366 g/mol. The van der Waals surface area contributed by atoms with Crippen LogP contribution in [0, 0.1) is 5.92 Å². The van der Waals surface area contributed by atoms with Crippen molar-refractivity contribution in [2.75, 3.05) is 26.2 Å². The number of piperidine rings is 1. The number of nitrogens with one attached hydrogen (secondary N) is 1. The molecule has 1 saturated heterocycles. The fourth-order valence-corrected chi connectivity index (χ4v) is 2.97. The first kappa shape index (κ1) is 16.8. The van der Waals surface area contributed by atoms with Crippen molar-refractivity contribution >= 4 is 27.8 Å². The van der Waals surface area contributed by atoms with E-state index in [1.807, 2.05) is 12.1 Å². The average Bonchev–Trinajstić information content (AvgIpc) is 2.51. The number of aliphatic imine (C=N–C) groups is 1. The second-order valence-corrected chi connectivity index (χ2v) is 6.62. The summed E-state index contributed by atoms with van der Waals surface area (Å²) in [5.41, 5.74) is 6.65. The predicted molar refractivity (Wildman–Crippen MR) is 92.9 cm³/mol. The SMILES string of the molecule is CC1CCCN(C(N)=NCCNC(=O)c2cccc(Br)c2)C1. The molecule has 1 aromatic carbocycles. The van der Waals surface area contributed by atoms with Crippen molar-refractivity contribution in [1.82, 2.24) is 10.2 Å². The smallest absolute Gasteiger partial charge is 0.251 e. The summed E-state index contributed by atoms with van der Waals surface area (Å²) in [4.78, 5) is 18.5. The number of hydrogen-bond acceptors (Lipinski definition) is 2. The number of likely N-dealkylation sites (tertiary alicyclic amines) is 1. The highest BCUT2D eigenvalue weighted by Gasteiger charge is 2.17. The van der Waals surface area contributed by atoms with E-state index in [-0.39, 0.29) is 5.91 Å². The number of amides is 1. The van der Waals surface area contributed by atoms with Crippen molar-refractivity contribution in [3.8, 4) is 0 Å². The Hall–Kier alpha value is -1.56. The Balaban J connectivity index is 1.76. The molecule has 1 aromatic rings. The van der Waals surface area contributed by atoms with Gasteiger partial charge in [-0.3, -0.25) is 9.79 Å². The van der Waals surface area contributed by atoms with Crippen LogP contribution in [0.2, 0.25) is 0 Å². The van der Waals surface area contributed by atoms with E-state index < -0.39 is 0 Å². The van der Waals surface area contributed by atoms with Crippen LogP contribution in [0.4, 0.5) is 0 Å². The second kappa shape index (κ2) is 8.17. The maximum absolute atomic E-state index is 12.0. The van der Waals surface area contributed by atoms with Gasteiger partial charge in [-0.2, -0.15) is 0 Å². The van der Waals surface area contributed by atoms with Gasteiger partial charge in [0, 0.05) is 29.7 Å². The Bertz CT molecular complexity index is 547. The zero-order valence-corrected chi connectivity index (χ0v) is 14.5. The Kier molecular flexibility index (Phi) is 6.24. The molecule has 1 aliphatic heterocycles. The van der Waals surface area contributed by atoms with Gasteiger partial charge in [0.2, 0.25) is 0 Å². The zero-order valence-electron chi connectivity index (χ0n) is 12.9. The van der Waals surface area contributed by atoms with Gasteiger partial charge in [0.05, 0.1) is 6.54 Å². The number of halogens is 1. The molecule has 0 spiro atoms. The molecule has 3 N–H and O–H groups in total. The summed E-state index contributed by atoms with van der Waals surface area (Å²) in [5.74, 6) is 1.16. The number of carbonyl (C=O) groups is 1. The third-order valence-corrected chi connectivity index (χ3v) is 4.23. The van der Waals surface area contributed by atoms with E-state index in [1.165, 1.54) is 6.42 Å². The van der Waals surface area contributed by atoms with Gasteiger partial charge < -0.3 is 16.0 Å². The topological polar surface area (TPSA) is 70.7 Å². The number of carbonyl (C=O) groups excluding carboxylic acids is 1. The van der Waals surface area contributed by atoms with Gasteiger partial charge in [-0.25, -0.2) is 0 Å². The average molecular weight is 367 g/mol. The van der Waals surface area contributed by atoms with Crippen LogP contribution in [0.25, 0.3) is 0 Å². The third kappa shape index (κ3) is 5.02. The molecule has 2 rings (SSSR count). The van der Waals surface area contributed by atoms with Crippen molar-refractivity contribution in [3.63, 3.8) is 0 Å². The quantitative estimate of drug-likeness (QED) is 0.487. The predicted octanol–water partition coefficient (Wildman–Crippen LogP) is 2.23. The molecule has 0 aromatic heterocycles. The zero-order chi connectivity index (χ0) is 15.9. The van der Waals surface area contributed by atoms with E-state index in [4.69, 9.17) is 5.73 Å². The van der Waals surface area contributed by atoms with Gasteiger partial charge in [0.1, 0.15) is 0 Å². The molecule has 1 heterocycles. The molecular weight excluding hydrogens is 344 g/mol. The van der Waals surface area contributed by atoms with E-state index >= 15 is 0 Å². The molecule has 1 aliphatic rings. The van der Waals surface area contributed by atoms with Crippen LogP contribution in [0.3, 0.4) is 0 Å². The van der Waals surface area contributed by atoms with Crippen molar-refractivity contribution in [2.24, 2.45) is 16.6 Å². The lowest BCUT2D eigenvalue weighted by atomic mass is 10.0. The first-order chi connectivity index (χ1) is 10.6. The van der Waals surface area contributed by atoms with E-state index in [2.05, 4.69) is 38.1 Å². The lowest BCUT2D eigenvalue weighted by Gasteiger charge is -2.31. The van der Waals surface area contributed by atoms with Gasteiger partial charge in [0.25, 0.3) is 5.91 Å². The number of nitrogens with zero attached hydrogens (tertiary/aromatic N) is 2. The molecule has 1 atom stereocenters. The summed E-state index contributed by atoms with van der Waals surface area (Å²) < 4.78 is 0.890. The lowest BCUT2D eigenvalue weighted by Crippen LogP contribution is -2.43. The molecule has 1 fully saturated rings. The molecule has 22 heavy (non-hydrogen) atoms. The maximum Gasteiger partial charge on any atom is 0.251 e. The molecule has 0 saturated carbocycles. The molecule has 1 amide bonds. The van der Waals surface area contributed by atoms with Gasteiger partial charge in [-0.05, 0) is 37.0 Å². The van der Waals surface area contributed by atoms with Crippen molar-refractivity contribution in [2.45, 2.75) is 19.8 Å². The number of hydrogen-bond donors (Lipinski definition) is 2. The highest BCUT2D eigenvalue weighted by atomic mass is 79.9. The van der Waals surface area contributed by atoms with Gasteiger partial charge >= 0.3 is 0 Å². The summed E-state index contributed by atoms with van der Waals surface area (Å²) in [6.45, 7) is 5.16. The van der Waals surface area contributed by atoms with Crippen LogP contribution >= 0.6 is 15.9 Å². The summed E-state index contributed by atoms with van der Waals surface area (Å²) in [6.07, 6.45) is 2.42. The third-order valence-electron chi connectivity index (χ3n) is 3.74. The summed E-state index contributed by atoms with van der Waals surface area (Å²) >= 11 is 3.36. The van der Waals surface area contributed by atoms with Crippen LogP contribution < -0.4 is 11.1 Å². The second-order valence-electron chi connectivity index (χ2n) is 5.70. The largest absolute Gasteiger partial charge is 0.370 e.